The van der Waals surface area contributed by atoms with Crippen molar-refractivity contribution >= 4 is 75.2 Å². The first-order valence-electron chi connectivity index (χ1n) is 8.80. The minimum absolute atomic E-state index is 0.0771. The van der Waals surface area contributed by atoms with Crippen LogP contribution in [0.4, 0.5) is 10.5 Å². The molecule has 156 valence electrons. The van der Waals surface area contributed by atoms with Gasteiger partial charge in [0.05, 0.1) is 21.1 Å². The number of amides is 3. The average Bonchev–Trinajstić information content (AvgIpc) is 2.93. The van der Waals surface area contributed by atoms with E-state index in [1.165, 1.54) is 6.07 Å². The molecule has 2 aromatic carbocycles. The van der Waals surface area contributed by atoms with Gasteiger partial charge in [-0.05, 0) is 68.0 Å². The number of nitrogens with one attached hydrogen (secondary N) is 2. The Hall–Kier alpha value is -2.26. The Morgan fingerprint density at radius 3 is 2.50 bits per heavy atom. The van der Waals surface area contributed by atoms with Crippen molar-refractivity contribution in [3.8, 4) is 5.75 Å². The SMILES string of the molecule is CC(C)Oc1ccc(/C=C2\SC(=S)N(NC(=O)Nc3ccc(Cl)c(Cl)c3)C2=O)cc1. The summed E-state index contributed by atoms with van der Waals surface area (Å²) in [5, 5.41) is 4.27. The van der Waals surface area contributed by atoms with Crippen LogP contribution < -0.4 is 15.5 Å². The number of carbonyl (C=O) groups is 2. The van der Waals surface area contributed by atoms with E-state index >= 15 is 0 Å². The smallest absolute Gasteiger partial charge is 0.338 e. The fraction of sp³-hybridized carbons (Fsp3) is 0.150. The van der Waals surface area contributed by atoms with Crippen molar-refractivity contribution in [1.29, 1.82) is 0 Å². The molecule has 0 unspecified atom stereocenters. The predicted octanol–water partition coefficient (Wildman–Crippen LogP) is 5.72. The lowest BCUT2D eigenvalue weighted by Gasteiger charge is -2.16. The number of rotatable bonds is 5. The van der Waals surface area contributed by atoms with E-state index in [1.54, 1.807) is 18.2 Å². The molecular formula is C20H17Cl2N3O3S2. The third kappa shape index (κ3) is 5.66. The van der Waals surface area contributed by atoms with Crippen molar-refractivity contribution in [3.05, 3.63) is 63.0 Å². The minimum Gasteiger partial charge on any atom is -0.491 e. The van der Waals surface area contributed by atoms with Crippen LogP contribution in [-0.4, -0.2) is 27.4 Å². The van der Waals surface area contributed by atoms with Crippen molar-refractivity contribution in [2.45, 2.75) is 20.0 Å². The molecule has 0 aliphatic carbocycles. The summed E-state index contributed by atoms with van der Waals surface area (Å²) >= 11 is 18.1. The highest BCUT2D eigenvalue weighted by Crippen LogP contribution is 2.32. The van der Waals surface area contributed by atoms with Crippen LogP contribution in [0.5, 0.6) is 5.75 Å². The number of benzene rings is 2. The monoisotopic (exact) mass is 481 g/mol. The van der Waals surface area contributed by atoms with Crippen LogP contribution in [0, 0.1) is 0 Å². The zero-order chi connectivity index (χ0) is 21.8. The first-order chi connectivity index (χ1) is 14.2. The van der Waals surface area contributed by atoms with E-state index in [4.69, 9.17) is 40.2 Å². The van der Waals surface area contributed by atoms with Gasteiger partial charge in [0.1, 0.15) is 5.75 Å². The van der Waals surface area contributed by atoms with Gasteiger partial charge in [-0.25, -0.2) is 10.2 Å². The van der Waals surface area contributed by atoms with Gasteiger partial charge in [0.15, 0.2) is 4.32 Å². The zero-order valence-electron chi connectivity index (χ0n) is 15.9. The number of thiocarbonyl (C=S) groups is 1. The summed E-state index contributed by atoms with van der Waals surface area (Å²) in [6.07, 6.45) is 1.78. The van der Waals surface area contributed by atoms with Crippen molar-refractivity contribution in [1.82, 2.24) is 10.4 Å². The molecule has 1 aliphatic heterocycles. The molecule has 6 nitrogen and oxygen atoms in total. The van der Waals surface area contributed by atoms with Gasteiger partial charge in [-0.1, -0.05) is 47.1 Å². The maximum atomic E-state index is 12.7. The molecule has 0 atom stereocenters. The zero-order valence-corrected chi connectivity index (χ0v) is 19.1. The first kappa shape index (κ1) is 22.4. The first-order valence-corrected chi connectivity index (χ1v) is 10.8. The Balaban J connectivity index is 1.65. The van der Waals surface area contributed by atoms with Gasteiger partial charge >= 0.3 is 6.03 Å². The van der Waals surface area contributed by atoms with E-state index in [0.29, 0.717) is 20.6 Å². The minimum atomic E-state index is -0.638. The molecule has 0 bridgehead atoms. The second-order valence-corrected chi connectivity index (χ2v) is 8.94. The van der Waals surface area contributed by atoms with Gasteiger partial charge in [0.2, 0.25) is 0 Å². The maximum absolute atomic E-state index is 12.7. The standard InChI is InChI=1S/C20H17Cl2N3O3S2/c1-11(2)28-14-6-3-12(4-7-14)9-17-18(26)25(20(29)30-17)24-19(27)23-13-5-8-15(21)16(22)10-13/h3-11H,1-2H3,(H2,23,24,27)/b17-9-. The van der Waals surface area contributed by atoms with Gasteiger partial charge < -0.3 is 10.1 Å². The molecule has 3 amide bonds. The Labute approximate surface area is 193 Å². The number of hydrogen-bond donors (Lipinski definition) is 2. The molecule has 0 spiro atoms. The molecule has 0 aromatic heterocycles. The Kier molecular flexibility index (Phi) is 7.25. The van der Waals surface area contributed by atoms with E-state index < -0.39 is 11.9 Å². The van der Waals surface area contributed by atoms with Crippen molar-refractivity contribution in [2.75, 3.05) is 5.32 Å². The number of thioether (sulfide) groups is 1. The third-order valence-electron chi connectivity index (χ3n) is 3.73. The lowest BCUT2D eigenvalue weighted by atomic mass is 10.2. The Bertz CT molecular complexity index is 1030. The number of nitrogens with zero attached hydrogens (tertiary/aromatic N) is 1. The van der Waals surface area contributed by atoms with Gasteiger partial charge in [0.25, 0.3) is 5.91 Å². The lowest BCUT2D eigenvalue weighted by Crippen LogP contribution is -2.46. The summed E-state index contributed by atoms with van der Waals surface area (Å²) in [4.78, 5) is 25.3. The lowest BCUT2D eigenvalue weighted by molar-refractivity contribution is -0.123. The van der Waals surface area contributed by atoms with Gasteiger partial charge in [0, 0.05) is 5.69 Å². The quantitative estimate of drug-likeness (QED) is 0.422. The highest BCUT2D eigenvalue weighted by atomic mass is 35.5. The number of urea groups is 1. The topological polar surface area (TPSA) is 70.7 Å². The average molecular weight is 482 g/mol. The number of hydrazine groups is 1. The largest absolute Gasteiger partial charge is 0.491 e. The van der Waals surface area contributed by atoms with Crippen LogP contribution in [0.3, 0.4) is 0 Å². The molecule has 2 aromatic rings. The molecule has 1 heterocycles. The van der Waals surface area contributed by atoms with Gasteiger partial charge in [-0.2, -0.15) is 5.01 Å². The van der Waals surface area contributed by atoms with E-state index in [-0.39, 0.29) is 10.4 Å². The van der Waals surface area contributed by atoms with E-state index in [2.05, 4.69) is 10.7 Å². The number of carbonyl (C=O) groups excluding carboxylic acids is 2. The van der Waals surface area contributed by atoms with Crippen LogP contribution in [-0.2, 0) is 4.79 Å². The Morgan fingerprint density at radius 2 is 1.87 bits per heavy atom. The van der Waals surface area contributed by atoms with E-state index in [0.717, 1.165) is 28.1 Å². The molecule has 10 heteroatoms. The number of anilines is 1. The highest BCUT2D eigenvalue weighted by Gasteiger charge is 2.33. The summed E-state index contributed by atoms with van der Waals surface area (Å²) in [5.74, 6) is 0.326. The van der Waals surface area contributed by atoms with Crippen LogP contribution in [0.2, 0.25) is 10.0 Å². The van der Waals surface area contributed by atoms with Crippen LogP contribution in [0.15, 0.2) is 47.4 Å². The summed E-state index contributed by atoms with van der Waals surface area (Å²) in [6.45, 7) is 3.90. The summed E-state index contributed by atoms with van der Waals surface area (Å²) < 4.78 is 5.83. The van der Waals surface area contributed by atoms with Crippen LogP contribution >= 0.6 is 47.2 Å². The third-order valence-corrected chi connectivity index (χ3v) is 5.78. The molecule has 3 rings (SSSR count). The highest BCUT2D eigenvalue weighted by molar-refractivity contribution is 8.26. The second-order valence-electron chi connectivity index (χ2n) is 6.45. The van der Waals surface area contributed by atoms with Crippen molar-refractivity contribution in [3.63, 3.8) is 0 Å². The summed E-state index contributed by atoms with van der Waals surface area (Å²) in [7, 11) is 0. The molecule has 2 N–H and O–H groups in total. The number of halogens is 2. The molecule has 0 saturated carbocycles. The Morgan fingerprint density at radius 1 is 1.17 bits per heavy atom. The molecule has 0 radical (unpaired) electrons. The van der Waals surface area contributed by atoms with Crippen LogP contribution in [0.1, 0.15) is 19.4 Å². The maximum Gasteiger partial charge on any atom is 0.338 e. The molecule has 1 fully saturated rings. The van der Waals surface area contributed by atoms with Crippen LogP contribution in [0.25, 0.3) is 6.08 Å². The predicted molar refractivity (Wildman–Crippen MR) is 126 cm³/mol. The second kappa shape index (κ2) is 9.70. The van der Waals surface area contributed by atoms with Gasteiger partial charge in [-0.3, -0.25) is 4.79 Å². The number of hydrogen-bond acceptors (Lipinski definition) is 5. The molecule has 1 aliphatic rings. The van der Waals surface area contributed by atoms with Crippen molar-refractivity contribution < 1.29 is 14.3 Å². The number of ether oxygens (including phenoxy) is 1. The molecular weight excluding hydrogens is 465 g/mol. The molecule has 1 saturated heterocycles. The summed E-state index contributed by atoms with van der Waals surface area (Å²) in [6, 6.07) is 11.3. The van der Waals surface area contributed by atoms with Crippen molar-refractivity contribution in [2.24, 2.45) is 0 Å². The van der Waals surface area contributed by atoms with E-state index in [1.807, 2.05) is 38.1 Å². The fourth-order valence-corrected chi connectivity index (χ4v) is 3.94. The van der Waals surface area contributed by atoms with E-state index in [9.17, 15) is 9.59 Å². The summed E-state index contributed by atoms with van der Waals surface area (Å²) in [5.41, 5.74) is 3.68. The molecule has 30 heavy (non-hydrogen) atoms. The normalized spacial score (nSPS) is 15.1. The fourth-order valence-electron chi connectivity index (χ4n) is 2.46. The van der Waals surface area contributed by atoms with Gasteiger partial charge in [-0.15, -0.1) is 0 Å².